The van der Waals surface area contributed by atoms with Crippen LogP contribution in [0.5, 0.6) is 0 Å². The second kappa shape index (κ2) is 8.41. The van der Waals surface area contributed by atoms with Crippen molar-refractivity contribution in [1.82, 2.24) is 39.3 Å². The van der Waals surface area contributed by atoms with Gasteiger partial charge in [0, 0.05) is 75.7 Å². The number of rotatable bonds is 6. The van der Waals surface area contributed by atoms with E-state index in [2.05, 4.69) is 30.0 Å². The smallest absolute Gasteiger partial charge is 0.266 e. The molecule has 0 amide bonds. The van der Waals surface area contributed by atoms with Crippen LogP contribution < -0.4 is 5.56 Å². The molecule has 0 saturated carbocycles. The normalized spacial score (nSPS) is 15.8. The monoisotopic (exact) mass is 380 g/mol. The van der Waals surface area contributed by atoms with Crippen molar-refractivity contribution >= 4 is 0 Å². The second-order valence-corrected chi connectivity index (χ2v) is 6.96. The molecule has 1 aliphatic rings. The van der Waals surface area contributed by atoms with Crippen LogP contribution in [0.3, 0.4) is 0 Å². The van der Waals surface area contributed by atoms with Crippen molar-refractivity contribution in [1.29, 1.82) is 0 Å². The highest BCUT2D eigenvalue weighted by Crippen LogP contribution is 2.07. The van der Waals surface area contributed by atoms with Crippen LogP contribution in [-0.4, -0.2) is 72.1 Å². The van der Waals surface area contributed by atoms with E-state index in [9.17, 15) is 4.79 Å². The second-order valence-electron chi connectivity index (χ2n) is 6.96. The maximum Gasteiger partial charge on any atom is 0.266 e. The van der Waals surface area contributed by atoms with Crippen LogP contribution in [0.15, 0.2) is 47.8 Å². The Morgan fingerprint density at radius 3 is 2.46 bits per heavy atom. The summed E-state index contributed by atoms with van der Waals surface area (Å²) in [5.41, 5.74) is 1.05. The molecule has 1 aliphatic heterocycles. The first-order chi connectivity index (χ1) is 13.7. The molecule has 4 heterocycles. The summed E-state index contributed by atoms with van der Waals surface area (Å²) in [7, 11) is 0. The SMILES string of the molecule is Cc1ncc(CN2CCN(CCn3nc(-n4cccn4)ccc3=O)CC2)cn1. The Hall–Kier alpha value is -2.91. The molecule has 4 rings (SSSR count). The predicted molar refractivity (Wildman–Crippen MR) is 104 cm³/mol. The minimum Gasteiger partial charge on any atom is -0.299 e. The lowest BCUT2D eigenvalue weighted by atomic mass is 10.2. The molecule has 0 aromatic carbocycles. The zero-order valence-corrected chi connectivity index (χ0v) is 16.0. The molecule has 0 aliphatic carbocycles. The lowest BCUT2D eigenvalue weighted by Gasteiger charge is -2.34. The first kappa shape index (κ1) is 18.5. The van der Waals surface area contributed by atoms with E-state index >= 15 is 0 Å². The predicted octanol–water partition coefficient (Wildman–Crippen LogP) is 0.345. The summed E-state index contributed by atoms with van der Waals surface area (Å²) in [5, 5.41) is 8.60. The highest BCUT2D eigenvalue weighted by molar-refractivity contribution is 5.17. The molecule has 0 N–H and O–H groups in total. The average Bonchev–Trinajstić information content (AvgIpc) is 3.25. The summed E-state index contributed by atoms with van der Waals surface area (Å²) in [4.78, 5) is 25.4. The van der Waals surface area contributed by atoms with Gasteiger partial charge in [0.15, 0.2) is 5.82 Å². The maximum absolute atomic E-state index is 12.1. The fourth-order valence-electron chi connectivity index (χ4n) is 3.29. The van der Waals surface area contributed by atoms with Crippen molar-refractivity contribution in [2.45, 2.75) is 20.0 Å². The number of aryl methyl sites for hydroxylation is 1. The minimum atomic E-state index is -0.0890. The summed E-state index contributed by atoms with van der Waals surface area (Å²) < 4.78 is 3.18. The Morgan fingerprint density at radius 1 is 1.00 bits per heavy atom. The van der Waals surface area contributed by atoms with Crippen LogP contribution in [0.1, 0.15) is 11.4 Å². The number of hydrogen-bond donors (Lipinski definition) is 0. The molecule has 1 fully saturated rings. The van der Waals surface area contributed by atoms with Gasteiger partial charge in [0.2, 0.25) is 0 Å². The summed E-state index contributed by atoms with van der Waals surface area (Å²) in [6.07, 6.45) is 7.31. The van der Waals surface area contributed by atoms with Crippen LogP contribution in [0.25, 0.3) is 5.82 Å². The van der Waals surface area contributed by atoms with Gasteiger partial charge in [-0.3, -0.25) is 14.6 Å². The van der Waals surface area contributed by atoms with Crippen LogP contribution >= 0.6 is 0 Å². The standard InChI is InChI=1S/C19H24N8O/c1-16-20-13-17(14-21-16)15-25-9-7-24(8-10-25)11-12-27-19(28)4-3-18(23-27)26-6-2-5-22-26/h2-6,13-14H,7-12,15H2,1H3. The van der Waals surface area contributed by atoms with E-state index < -0.39 is 0 Å². The van der Waals surface area contributed by atoms with Crippen LogP contribution in [0.2, 0.25) is 0 Å². The molecular weight excluding hydrogens is 356 g/mol. The summed E-state index contributed by atoms with van der Waals surface area (Å²) in [6.45, 7) is 8.07. The Labute approximate surface area is 163 Å². The molecule has 28 heavy (non-hydrogen) atoms. The van der Waals surface area contributed by atoms with Crippen molar-refractivity contribution in [2.24, 2.45) is 0 Å². The Kier molecular flexibility index (Phi) is 5.54. The molecule has 0 unspecified atom stereocenters. The van der Waals surface area contributed by atoms with Crippen molar-refractivity contribution in [3.8, 4) is 5.82 Å². The third-order valence-electron chi connectivity index (χ3n) is 4.93. The van der Waals surface area contributed by atoms with Crippen LogP contribution in [0, 0.1) is 6.92 Å². The molecule has 0 atom stereocenters. The van der Waals surface area contributed by atoms with Gasteiger partial charge in [0.05, 0.1) is 6.54 Å². The highest BCUT2D eigenvalue weighted by Gasteiger charge is 2.17. The zero-order chi connectivity index (χ0) is 19.3. The van der Waals surface area contributed by atoms with Crippen LogP contribution in [-0.2, 0) is 13.1 Å². The van der Waals surface area contributed by atoms with E-state index in [1.165, 1.54) is 4.68 Å². The molecular formula is C19H24N8O. The molecule has 0 radical (unpaired) electrons. The molecule has 0 bridgehead atoms. The molecule has 9 heteroatoms. The summed E-state index contributed by atoms with van der Waals surface area (Å²) in [5.74, 6) is 1.45. The van der Waals surface area contributed by atoms with Gasteiger partial charge in [-0.25, -0.2) is 19.3 Å². The highest BCUT2D eigenvalue weighted by atomic mass is 16.1. The number of piperazine rings is 1. The first-order valence-corrected chi connectivity index (χ1v) is 9.48. The van der Waals surface area contributed by atoms with E-state index in [1.807, 2.05) is 31.6 Å². The zero-order valence-electron chi connectivity index (χ0n) is 16.0. The Bertz CT molecular complexity index is 943. The molecule has 1 saturated heterocycles. The lowest BCUT2D eigenvalue weighted by Crippen LogP contribution is -2.47. The van der Waals surface area contributed by atoms with E-state index in [1.54, 1.807) is 23.0 Å². The number of nitrogens with zero attached hydrogens (tertiary/aromatic N) is 8. The third-order valence-corrected chi connectivity index (χ3v) is 4.93. The van der Waals surface area contributed by atoms with Crippen LogP contribution in [0.4, 0.5) is 0 Å². The van der Waals surface area contributed by atoms with Crippen molar-refractivity contribution in [2.75, 3.05) is 32.7 Å². The third kappa shape index (κ3) is 4.49. The van der Waals surface area contributed by atoms with Gasteiger partial charge in [-0.2, -0.15) is 5.10 Å². The fourth-order valence-corrected chi connectivity index (χ4v) is 3.29. The van der Waals surface area contributed by atoms with Gasteiger partial charge in [-0.1, -0.05) is 0 Å². The van der Waals surface area contributed by atoms with Gasteiger partial charge >= 0.3 is 0 Å². The maximum atomic E-state index is 12.1. The molecule has 146 valence electrons. The average molecular weight is 380 g/mol. The van der Waals surface area contributed by atoms with E-state index in [0.29, 0.717) is 12.4 Å². The molecule has 9 nitrogen and oxygen atoms in total. The first-order valence-electron chi connectivity index (χ1n) is 9.48. The summed E-state index contributed by atoms with van der Waals surface area (Å²) >= 11 is 0. The lowest BCUT2D eigenvalue weighted by molar-refractivity contribution is 0.122. The van der Waals surface area contributed by atoms with Gasteiger partial charge in [-0.05, 0) is 19.1 Å². The van der Waals surface area contributed by atoms with E-state index in [0.717, 1.165) is 50.7 Å². The minimum absolute atomic E-state index is 0.0890. The topological polar surface area (TPSA) is 85.0 Å². The van der Waals surface area contributed by atoms with E-state index in [-0.39, 0.29) is 5.56 Å². The van der Waals surface area contributed by atoms with E-state index in [4.69, 9.17) is 0 Å². The number of aromatic nitrogens is 6. The van der Waals surface area contributed by atoms with Gasteiger partial charge in [0.1, 0.15) is 5.82 Å². The Balaban J connectivity index is 1.29. The Morgan fingerprint density at radius 2 is 1.75 bits per heavy atom. The number of hydrogen-bond acceptors (Lipinski definition) is 7. The van der Waals surface area contributed by atoms with Crippen molar-refractivity contribution in [3.05, 3.63) is 64.7 Å². The molecule has 3 aromatic heterocycles. The molecule has 0 spiro atoms. The quantitative estimate of drug-likeness (QED) is 0.610. The largest absolute Gasteiger partial charge is 0.299 e. The fraction of sp³-hybridized carbons (Fsp3) is 0.421. The van der Waals surface area contributed by atoms with Gasteiger partial charge in [0.25, 0.3) is 5.56 Å². The van der Waals surface area contributed by atoms with Gasteiger partial charge < -0.3 is 0 Å². The summed E-state index contributed by atoms with van der Waals surface area (Å²) in [6, 6.07) is 5.07. The van der Waals surface area contributed by atoms with Gasteiger partial charge in [-0.15, -0.1) is 5.10 Å². The van der Waals surface area contributed by atoms with Crippen molar-refractivity contribution in [3.63, 3.8) is 0 Å². The molecule has 3 aromatic rings. The van der Waals surface area contributed by atoms with Crippen molar-refractivity contribution < 1.29 is 0 Å².